The number of hydrogen-bond acceptors (Lipinski definition) is 8. The van der Waals surface area contributed by atoms with Crippen molar-refractivity contribution in [3.63, 3.8) is 0 Å². The van der Waals surface area contributed by atoms with Crippen LogP contribution in [0.25, 0.3) is 0 Å². The van der Waals surface area contributed by atoms with Gasteiger partial charge in [-0.25, -0.2) is 9.79 Å². The number of carbonyl (C=O) groups excluding carboxylic acids is 2. The summed E-state index contributed by atoms with van der Waals surface area (Å²) >= 11 is 1.44. The molecular weight excluding hydrogens is 562 g/mol. The van der Waals surface area contributed by atoms with Crippen LogP contribution in [0.1, 0.15) is 43.4 Å². The number of nitrogens with one attached hydrogen (secondary N) is 1. The predicted molar refractivity (Wildman–Crippen MR) is 166 cm³/mol. The topological polar surface area (TPSA) is 89.5 Å². The SMILES string of the molecule is CC1=C(C(=O)OCc2ccccc2)[C@H](c2cccc(Oc3ccccc3)c2)N2C(CC(=O)NC[C@@H]3CCCO3)=CSC2=N1. The lowest BCUT2D eigenvalue weighted by molar-refractivity contribution is -0.141. The zero-order valence-corrected chi connectivity index (χ0v) is 24.7. The molecule has 1 amide bonds. The van der Waals surface area contributed by atoms with Gasteiger partial charge >= 0.3 is 5.97 Å². The summed E-state index contributed by atoms with van der Waals surface area (Å²) in [7, 11) is 0. The van der Waals surface area contributed by atoms with E-state index >= 15 is 0 Å². The number of aliphatic imine (C=N–C) groups is 1. The van der Waals surface area contributed by atoms with Crippen LogP contribution in [-0.4, -0.2) is 41.2 Å². The second-order valence-electron chi connectivity index (χ2n) is 10.6. The van der Waals surface area contributed by atoms with Gasteiger partial charge in [0.2, 0.25) is 5.91 Å². The first kappa shape index (κ1) is 28.8. The van der Waals surface area contributed by atoms with Gasteiger partial charge < -0.3 is 24.4 Å². The van der Waals surface area contributed by atoms with Gasteiger partial charge in [0.15, 0.2) is 5.17 Å². The Hall–Kier alpha value is -4.34. The number of amidine groups is 1. The van der Waals surface area contributed by atoms with E-state index in [0.29, 0.717) is 34.5 Å². The molecule has 3 aromatic rings. The summed E-state index contributed by atoms with van der Waals surface area (Å²) in [5, 5.41) is 5.66. The van der Waals surface area contributed by atoms with E-state index in [1.807, 2.05) is 102 Å². The number of thioether (sulfide) groups is 1. The lowest BCUT2D eigenvalue weighted by Gasteiger charge is -2.36. The van der Waals surface area contributed by atoms with Crippen molar-refractivity contribution in [3.05, 3.63) is 118 Å². The summed E-state index contributed by atoms with van der Waals surface area (Å²) < 4.78 is 17.6. The summed E-state index contributed by atoms with van der Waals surface area (Å²) in [5.74, 6) is 0.778. The first-order valence-corrected chi connectivity index (χ1v) is 15.3. The second-order valence-corrected chi connectivity index (χ2v) is 11.4. The highest BCUT2D eigenvalue weighted by Crippen LogP contribution is 2.45. The standard InChI is InChI=1S/C34H33N3O5S/c1-23-31(33(39)41-21-24-10-4-2-5-11-24)32(25-12-8-15-28(18-25)42-27-13-6-3-7-14-27)37-26(22-43-34(37)36-23)19-30(38)35-20-29-16-9-17-40-29/h2-8,10-15,18,22,29,32H,9,16-17,19-21H2,1H3,(H,35,38)/t29-,32-/m0/s1. The molecule has 3 aliphatic rings. The molecule has 3 heterocycles. The highest BCUT2D eigenvalue weighted by Gasteiger charge is 2.41. The zero-order valence-electron chi connectivity index (χ0n) is 23.9. The summed E-state index contributed by atoms with van der Waals surface area (Å²) in [4.78, 5) is 33.6. The number of carbonyl (C=O) groups is 2. The minimum absolute atomic E-state index is 0.0552. The average molecular weight is 596 g/mol. The number of amides is 1. The molecule has 0 bridgehead atoms. The quantitative estimate of drug-likeness (QED) is 0.268. The molecule has 1 saturated heterocycles. The fourth-order valence-electron chi connectivity index (χ4n) is 5.38. The maximum Gasteiger partial charge on any atom is 0.338 e. The third-order valence-electron chi connectivity index (χ3n) is 7.48. The van der Waals surface area contributed by atoms with E-state index in [4.69, 9.17) is 19.2 Å². The smallest absolute Gasteiger partial charge is 0.338 e. The molecule has 8 nitrogen and oxygen atoms in total. The third kappa shape index (κ3) is 6.84. The number of hydrogen-bond donors (Lipinski definition) is 1. The Kier molecular flexibility index (Phi) is 8.91. The maximum atomic E-state index is 13.8. The molecule has 0 unspecified atom stereocenters. The molecule has 1 fully saturated rings. The van der Waals surface area contributed by atoms with E-state index in [9.17, 15) is 9.59 Å². The Balaban J connectivity index is 1.29. The number of para-hydroxylation sites is 1. The molecule has 1 N–H and O–H groups in total. The molecule has 220 valence electrons. The molecule has 0 radical (unpaired) electrons. The minimum Gasteiger partial charge on any atom is -0.457 e. The molecule has 0 aliphatic carbocycles. The normalized spacial score (nSPS) is 19.4. The number of benzene rings is 3. The van der Waals surface area contributed by atoms with E-state index in [2.05, 4.69) is 5.32 Å². The van der Waals surface area contributed by atoms with Crippen molar-refractivity contribution in [2.75, 3.05) is 13.2 Å². The summed E-state index contributed by atoms with van der Waals surface area (Å²) in [6, 6.07) is 26.2. The van der Waals surface area contributed by atoms with Crippen LogP contribution in [0.4, 0.5) is 0 Å². The molecular formula is C34H33N3O5S. The molecule has 43 heavy (non-hydrogen) atoms. The second kappa shape index (κ2) is 13.3. The van der Waals surface area contributed by atoms with Gasteiger partial charge in [0.1, 0.15) is 18.1 Å². The van der Waals surface area contributed by atoms with E-state index in [-0.39, 0.29) is 25.0 Å². The minimum atomic E-state index is -0.567. The molecule has 0 saturated carbocycles. The highest BCUT2D eigenvalue weighted by molar-refractivity contribution is 8.16. The lowest BCUT2D eigenvalue weighted by Crippen LogP contribution is -2.38. The van der Waals surface area contributed by atoms with E-state index < -0.39 is 12.0 Å². The largest absolute Gasteiger partial charge is 0.457 e. The fraction of sp³-hybridized carbons (Fsp3) is 0.265. The molecule has 9 heteroatoms. The van der Waals surface area contributed by atoms with Gasteiger partial charge in [-0.15, -0.1) is 0 Å². The Morgan fingerprint density at radius 3 is 2.56 bits per heavy atom. The van der Waals surface area contributed by atoms with Crippen molar-refractivity contribution in [1.29, 1.82) is 0 Å². The molecule has 3 aliphatic heterocycles. The number of allylic oxidation sites excluding steroid dienone is 1. The maximum absolute atomic E-state index is 13.8. The van der Waals surface area contributed by atoms with Crippen LogP contribution in [0.15, 0.2) is 112 Å². The van der Waals surface area contributed by atoms with E-state index in [1.54, 1.807) is 0 Å². The fourth-order valence-corrected chi connectivity index (χ4v) is 6.34. The Morgan fingerprint density at radius 2 is 1.79 bits per heavy atom. The Morgan fingerprint density at radius 1 is 1.02 bits per heavy atom. The molecule has 0 spiro atoms. The van der Waals surface area contributed by atoms with Crippen LogP contribution in [0.3, 0.4) is 0 Å². The third-order valence-corrected chi connectivity index (χ3v) is 8.37. The Labute approximate surface area is 255 Å². The van der Waals surface area contributed by atoms with Crippen LogP contribution in [0.2, 0.25) is 0 Å². The van der Waals surface area contributed by atoms with Crippen molar-refractivity contribution < 1.29 is 23.8 Å². The predicted octanol–water partition coefficient (Wildman–Crippen LogP) is 6.48. The van der Waals surface area contributed by atoms with Crippen molar-refractivity contribution in [2.24, 2.45) is 4.99 Å². The lowest BCUT2D eigenvalue weighted by atomic mass is 9.93. The van der Waals surface area contributed by atoms with Crippen LogP contribution < -0.4 is 10.1 Å². The van der Waals surface area contributed by atoms with E-state index in [1.165, 1.54) is 11.8 Å². The van der Waals surface area contributed by atoms with Crippen LogP contribution >= 0.6 is 11.8 Å². The van der Waals surface area contributed by atoms with Gasteiger partial charge in [0, 0.05) is 18.8 Å². The number of fused-ring (bicyclic) bond motifs is 1. The van der Waals surface area contributed by atoms with Crippen LogP contribution in [0.5, 0.6) is 11.5 Å². The van der Waals surface area contributed by atoms with Crippen molar-refractivity contribution in [3.8, 4) is 11.5 Å². The van der Waals surface area contributed by atoms with Gasteiger partial charge in [0.25, 0.3) is 0 Å². The number of ether oxygens (including phenoxy) is 3. The Bertz CT molecular complexity index is 1570. The highest BCUT2D eigenvalue weighted by atomic mass is 32.2. The van der Waals surface area contributed by atoms with Crippen molar-refractivity contribution in [2.45, 2.75) is 44.9 Å². The first-order valence-electron chi connectivity index (χ1n) is 14.4. The summed E-state index contributed by atoms with van der Waals surface area (Å²) in [5.41, 5.74) is 3.47. The van der Waals surface area contributed by atoms with Crippen molar-refractivity contribution in [1.82, 2.24) is 10.2 Å². The van der Waals surface area contributed by atoms with Gasteiger partial charge in [-0.05, 0) is 60.6 Å². The average Bonchev–Trinajstić information content (AvgIpc) is 3.69. The van der Waals surface area contributed by atoms with Crippen molar-refractivity contribution >= 4 is 28.8 Å². The first-order chi connectivity index (χ1) is 21.0. The molecule has 3 aromatic carbocycles. The monoisotopic (exact) mass is 595 g/mol. The summed E-state index contributed by atoms with van der Waals surface area (Å²) in [6.45, 7) is 3.19. The van der Waals surface area contributed by atoms with Gasteiger partial charge in [-0.2, -0.15) is 0 Å². The molecule has 6 rings (SSSR count). The van der Waals surface area contributed by atoms with E-state index in [0.717, 1.165) is 36.3 Å². The number of rotatable bonds is 10. The van der Waals surface area contributed by atoms with Gasteiger partial charge in [-0.3, -0.25) is 4.79 Å². The molecule has 0 aromatic heterocycles. The number of esters is 1. The molecule has 2 atom stereocenters. The van der Waals surface area contributed by atoms with Gasteiger partial charge in [0.05, 0.1) is 29.8 Å². The summed E-state index contributed by atoms with van der Waals surface area (Å²) in [6.07, 6.45) is 2.16. The zero-order chi connectivity index (χ0) is 29.6. The number of nitrogens with zero attached hydrogens (tertiary/aromatic N) is 2. The van der Waals surface area contributed by atoms with Gasteiger partial charge in [-0.1, -0.05) is 72.4 Å². The van der Waals surface area contributed by atoms with Crippen LogP contribution in [0, 0.1) is 0 Å². The van der Waals surface area contributed by atoms with Crippen LogP contribution in [-0.2, 0) is 25.7 Å².